The van der Waals surface area contributed by atoms with E-state index in [2.05, 4.69) is 13.8 Å². The van der Waals surface area contributed by atoms with Crippen LogP contribution in [0.1, 0.15) is 303 Å². The SMILES string of the molecule is CCCCCCCCCCCCCCCCC(CCCCCCCCCCCCC)C(CCCCCCCCCCCCCCCCCC(=O)O)(CC(O)C(=O)O)C(=O)O. The third-order valence-electron chi connectivity index (χ3n) is 13.6. The maximum atomic E-state index is 13.4. The van der Waals surface area contributed by atoms with Crippen LogP contribution in [0.3, 0.4) is 0 Å². The Morgan fingerprint density at radius 2 is 0.650 bits per heavy atom. The van der Waals surface area contributed by atoms with E-state index in [1.807, 2.05) is 0 Å². The maximum absolute atomic E-state index is 13.4. The molecule has 0 saturated carbocycles. The van der Waals surface area contributed by atoms with Crippen molar-refractivity contribution in [3.8, 4) is 0 Å². The Balaban J connectivity index is 4.97. The number of carboxylic acid groups (broad SMARTS) is 3. The van der Waals surface area contributed by atoms with Gasteiger partial charge in [-0.1, -0.05) is 264 Å². The largest absolute Gasteiger partial charge is 0.481 e. The van der Waals surface area contributed by atoms with E-state index in [-0.39, 0.29) is 12.3 Å². The summed E-state index contributed by atoms with van der Waals surface area (Å²) in [6.45, 7) is 4.53. The molecule has 60 heavy (non-hydrogen) atoms. The van der Waals surface area contributed by atoms with E-state index in [1.165, 1.54) is 186 Å². The summed E-state index contributed by atoms with van der Waals surface area (Å²) in [4.78, 5) is 35.9. The second-order valence-electron chi connectivity index (χ2n) is 19.1. The average molecular weight is 851 g/mol. The monoisotopic (exact) mass is 851 g/mol. The van der Waals surface area contributed by atoms with Crippen LogP contribution in [0.2, 0.25) is 0 Å². The molecular formula is C53H102O7. The minimum absolute atomic E-state index is 0.114. The van der Waals surface area contributed by atoms with Crippen molar-refractivity contribution in [3.05, 3.63) is 0 Å². The van der Waals surface area contributed by atoms with Crippen molar-refractivity contribution < 1.29 is 34.8 Å². The predicted molar refractivity (Wildman–Crippen MR) is 254 cm³/mol. The first kappa shape index (κ1) is 58.4. The molecule has 0 spiro atoms. The molecule has 0 amide bonds. The van der Waals surface area contributed by atoms with E-state index in [1.54, 1.807) is 0 Å². The number of hydrogen-bond donors (Lipinski definition) is 4. The molecular weight excluding hydrogens is 749 g/mol. The number of aliphatic carboxylic acids is 3. The summed E-state index contributed by atoms with van der Waals surface area (Å²) in [5.41, 5.74) is -1.20. The molecule has 0 rings (SSSR count). The molecule has 0 heterocycles. The van der Waals surface area contributed by atoms with Crippen LogP contribution in [0.25, 0.3) is 0 Å². The fraction of sp³-hybridized carbons (Fsp3) is 0.943. The Kier molecular flexibility index (Phi) is 42.8. The van der Waals surface area contributed by atoms with Gasteiger partial charge in [-0.2, -0.15) is 0 Å². The van der Waals surface area contributed by atoms with Crippen molar-refractivity contribution in [2.24, 2.45) is 11.3 Å². The van der Waals surface area contributed by atoms with Gasteiger partial charge in [-0.25, -0.2) is 4.79 Å². The Morgan fingerprint density at radius 3 is 0.917 bits per heavy atom. The van der Waals surface area contributed by atoms with Crippen molar-refractivity contribution in [2.45, 2.75) is 309 Å². The quantitative estimate of drug-likeness (QED) is 0.0448. The fourth-order valence-corrected chi connectivity index (χ4v) is 9.63. The number of hydrogen-bond acceptors (Lipinski definition) is 4. The molecule has 0 aromatic carbocycles. The Morgan fingerprint density at radius 1 is 0.383 bits per heavy atom. The minimum Gasteiger partial charge on any atom is -0.481 e. The molecule has 0 aromatic heterocycles. The highest BCUT2D eigenvalue weighted by Crippen LogP contribution is 2.45. The van der Waals surface area contributed by atoms with Gasteiger partial charge in [0, 0.05) is 12.8 Å². The molecule has 7 nitrogen and oxygen atoms in total. The van der Waals surface area contributed by atoms with Gasteiger partial charge in [0.25, 0.3) is 0 Å². The third kappa shape index (κ3) is 35.9. The molecule has 0 fully saturated rings. The third-order valence-corrected chi connectivity index (χ3v) is 13.6. The lowest BCUT2D eigenvalue weighted by Crippen LogP contribution is -2.43. The molecule has 0 aromatic rings. The number of rotatable bonds is 50. The second kappa shape index (κ2) is 44.0. The van der Waals surface area contributed by atoms with Crippen LogP contribution in [-0.4, -0.2) is 44.4 Å². The van der Waals surface area contributed by atoms with Gasteiger partial charge < -0.3 is 20.4 Å². The number of unbranched alkanes of at least 4 members (excludes halogenated alkanes) is 37. The summed E-state index contributed by atoms with van der Waals surface area (Å²) in [6.07, 6.45) is 49.0. The molecule has 0 bridgehead atoms. The normalized spacial score (nSPS) is 13.7. The van der Waals surface area contributed by atoms with Crippen LogP contribution < -0.4 is 0 Å². The fourth-order valence-electron chi connectivity index (χ4n) is 9.63. The van der Waals surface area contributed by atoms with Crippen LogP contribution in [-0.2, 0) is 14.4 Å². The van der Waals surface area contributed by atoms with Crippen LogP contribution >= 0.6 is 0 Å². The molecule has 0 aliphatic rings. The van der Waals surface area contributed by atoms with E-state index in [0.29, 0.717) is 12.8 Å². The molecule has 0 radical (unpaired) electrons. The lowest BCUT2D eigenvalue weighted by Gasteiger charge is -2.39. The first-order valence-corrected chi connectivity index (χ1v) is 26.6. The van der Waals surface area contributed by atoms with Crippen LogP contribution in [0.15, 0.2) is 0 Å². The van der Waals surface area contributed by atoms with Crippen molar-refractivity contribution in [3.63, 3.8) is 0 Å². The van der Waals surface area contributed by atoms with E-state index >= 15 is 0 Å². The summed E-state index contributed by atoms with van der Waals surface area (Å²) in [5, 5.41) is 40.1. The molecule has 356 valence electrons. The van der Waals surface area contributed by atoms with Gasteiger partial charge in [-0.05, 0) is 31.6 Å². The molecule has 4 N–H and O–H groups in total. The van der Waals surface area contributed by atoms with Gasteiger partial charge in [0.2, 0.25) is 0 Å². The maximum Gasteiger partial charge on any atom is 0.332 e. The highest BCUT2D eigenvalue weighted by Gasteiger charge is 2.47. The first-order chi connectivity index (χ1) is 29.2. The molecule has 7 heteroatoms. The van der Waals surface area contributed by atoms with Gasteiger partial charge in [-0.3, -0.25) is 9.59 Å². The van der Waals surface area contributed by atoms with Crippen molar-refractivity contribution in [1.29, 1.82) is 0 Å². The van der Waals surface area contributed by atoms with Crippen molar-refractivity contribution >= 4 is 17.9 Å². The number of carboxylic acids is 3. The van der Waals surface area contributed by atoms with E-state index in [4.69, 9.17) is 5.11 Å². The second-order valence-corrected chi connectivity index (χ2v) is 19.1. The number of aliphatic hydroxyl groups is 1. The highest BCUT2D eigenvalue weighted by molar-refractivity contribution is 5.78. The van der Waals surface area contributed by atoms with Crippen LogP contribution in [0.4, 0.5) is 0 Å². The molecule has 0 saturated heterocycles. The Labute approximate surface area is 371 Å². The van der Waals surface area contributed by atoms with Gasteiger partial charge in [-0.15, -0.1) is 0 Å². The number of aliphatic hydroxyl groups excluding tert-OH is 1. The van der Waals surface area contributed by atoms with Crippen molar-refractivity contribution in [2.75, 3.05) is 0 Å². The smallest absolute Gasteiger partial charge is 0.332 e. The van der Waals surface area contributed by atoms with Gasteiger partial charge >= 0.3 is 17.9 Å². The first-order valence-electron chi connectivity index (χ1n) is 26.6. The van der Waals surface area contributed by atoms with E-state index in [0.717, 1.165) is 83.5 Å². The number of carbonyl (C=O) groups is 3. The lowest BCUT2D eigenvalue weighted by molar-refractivity contribution is -0.161. The van der Waals surface area contributed by atoms with E-state index < -0.39 is 29.4 Å². The van der Waals surface area contributed by atoms with Gasteiger partial charge in [0.15, 0.2) is 6.10 Å². The molecule has 3 unspecified atom stereocenters. The van der Waals surface area contributed by atoms with Crippen LogP contribution in [0.5, 0.6) is 0 Å². The Hall–Kier alpha value is -1.63. The summed E-state index contributed by atoms with van der Waals surface area (Å²) in [7, 11) is 0. The average Bonchev–Trinajstić information content (AvgIpc) is 3.22. The summed E-state index contributed by atoms with van der Waals surface area (Å²) in [5.74, 6) is -3.02. The summed E-state index contributed by atoms with van der Waals surface area (Å²) in [6, 6.07) is 0. The topological polar surface area (TPSA) is 132 Å². The van der Waals surface area contributed by atoms with Gasteiger partial charge in [0.1, 0.15) is 0 Å². The highest BCUT2D eigenvalue weighted by atomic mass is 16.4. The van der Waals surface area contributed by atoms with E-state index in [9.17, 15) is 29.7 Å². The zero-order valence-electron chi connectivity index (χ0n) is 40.0. The zero-order chi connectivity index (χ0) is 44.2. The summed E-state index contributed by atoms with van der Waals surface area (Å²) < 4.78 is 0. The summed E-state index contributed by atoms with van der Waals surface area (Å²) >= 11 is 0. The van der Waals surface area contributed by atoms with Gasteiger partial charge in [0.05, 0.1) is 5.41 Å². The minimum atomic E-state index is -1.65. The predicted octanol–water partition coefficient (Wildman–Crippen LogP) is 16.8. The lowest BCUT2D eigenvalue weighted by atomic mass is 9.65. The van der Waals surface area contributed by atoms with Crippen molar-refractivity contribution in [1.82, 2.24) is 0 Å². The molecule has 0 aliphatic heterocycles. The van der Waals surface area contributed by atoms with Crippen LogP contribution in [0, 0.1) is 11.3 Å². The molecule has 3 atom stereocenters. The molecule has 0 aliphatic carbocycles. The standard InChI is InChI=1S/C53H102O7/c1-3-5-7-9-11-13-15-16-20-24-28-32-36-40-44-48(43-39-35-31-27-23-14-12-10-8-6-4-2)53(52(59)60,47-49(54)51(57)58)46-42-38-34-30-26-22-19-17-18-21-25-29-33-37-41-45-50(55)56/h48-49,54H,3-47H2,1-2H3,(H,55,56)(H,57,58)(H,59,60). The zero-order valence-corrected chi connectivity index (χ0v) is 40.0. The Bertz CT molecular complexity index is 954.